The SMILES string of the molecule is NC(=O)C1CCC(c2ccc(Cl)cc2)N1. The molecule has 1 aromatic rings. The third kappa shape index (κ3) is 2.30. The van der Waals surface area contributed by atoms with E-state index in [4.69, 9.17) is 17.3 Å². The van der Waals surface area contributed by atoms with E-state index in [1.807, 2.05) is 24.3 Å². The van der Waals surface area contributed by atoms with Gasteiger partial charge in [-0.3, -0.25) is 10.1 Å². The van der Waals surface area contributed by atoms with Gasteiger partial charge in [0.2, 0.25) is 5.91 Å². The molecule has 1 saturated heterocycles. The minimum absolute atomic E-state index is 0.189. The van der Waals surface area contributed by atoms with Crippen molar-refractivity contribution in [2.24, 2.45) is 5.73 Å². The number of amides is 1. The van der Waals surface area contributed by atoms with Gasteiger partial charge in [0.15, 0.2) is 0 Å². The van der Waals surface area contributed by atoms with Crippen LogP contribution in [0.25, 0.3) is 0 Å². The summed E-state index contributed by atoms with van der Waals surface area (Å²) in [5.74, 6) is -0.272. The maximum absolute atomic E-state index is 11.0. The van der Waals surface area contributed by atoms with E-state index in [-0.39, 0.29) is 18.0 Å². The first-order chi connectivity index (χ1) is 7.16. The number of halogens is 1. The van der Waals surface area contributed by atoms with Crippen LogP contribution in [0.2, 0.25) is 5.02 Å². The Bertz CT molecular complexity index is 363. The fourth-order valence-corrected chi connectivity index (χ4v) is 2.05. The van der Waals surface area contributed by atoms with E-state index in [1.54, 1.807) is 0 Å². The number of hydrogen-bond acceptors (Lipinski definition) is 2. The van der Waals surface area contributed by atoms with Crippen molar-refractivity contribution >= 4 is 17.5 Å². The van der Waals surface area contributed by atoms with Crippen molar-refractivity contribution in [3.05, 3.63) is 34.9 Å². The van der Waals surface area contributed by atoms with Gasteiger partial charge < -0.3 is 5.73 Å². The molecule has 3 nitrogen and oxygen atoms in total. The van der Waals surface area contributed by atoms with Crippen molar-refractivity contribution in [2.75, 3.05) is 0 Å². The normalized spacial score (nSPS) is 25.4. The summed E-state index contributed by atoms with van der Waals surface area (Å²) in [6, 6.07) is 7.70. The zero-order valence-corrected chi connectivity index (χ0v) is 9.00. The average molecular weight is 225 g/mol. The molecule has 0 bridgehead atoms. The highest BCUT2D eigenvalue weighted by molar-refractivity contribution is 6.30. The molecule has 0 aromatic heterocycles. The molecule has 0 saturated carbocycles. The number of rotatable bonds is 2. The molecule has 80 valence electrons. The van der Waals surface area contributed by atoms with Crippen LogP contribution < -0.4 is 11.1 Å². The van der Waals surface area contributed by atoms with Gasteiger partial charge in [0.1, 0.15) is 0 Å². The number of nitrogens with two attached hydrogens (primary N) is 1. The van der Waals surface area contributed by atoms with Crippen molar-refractivity contribution in [1.82, 2.24) is 5.32 Å². The Kier molecular flexibility index (Phi) is 2.93. The second-order valence-electron chi connectivity index (χ2n) is 3.80. The van der Waals surface area contributed by atoms with Crippen molar-refractivity contribution in [3.8, 4) is 0 Å². The number of carbonyl (C=O) groups is 1. The molecule has 3 N–H and O–H groups in total. The Morgan fingerprint density at radius 1 is 1.33 bits per heavy atom. The van der Waals surface area contributed by atoms with Crippen molar-refractivity contribution in [1.29, 1.82) is 0 Å². The maximum atomic E-state index is 11.0. The third-order valence-corrected chi connectivity index (χ3v) is 3.01. The first kappa shape index (κ1) is 10.5. The van der Waals surface area contributed by atoms with Gasteiger partial charge in [-0.1, -0.05) is 23.7 Å². The topological polar surface area (TPSA) is 55.1 Å². The van der Waals surface area contributed by atoms with Crippen LogP contribution in [0, 0.1) is 0 Å². The summed E-state index contributed by atoms with van der Waals surface area (Å²) in [6.07, 6.45) is 1.75. The van der Waals surface area contributed by atoms with Crippen LogP contribution >= 0.6 is 11.6 Å². The smallest absolute Gasteiger partial charge is 0.234 e. The van der Waals surface area contributed by atoms with Crippen LogP contribution in [0.3, 0.4) is 0 Å². The zero-order chi connectivity index (χ0) is 10.8. The maximum Gasteiger partial charge on any atom is 0.234 e. The third-order valence-electron chi connectivity index (χ3n) is 2.76. The van der Waals surface area contributed by atoms with Crippen LogP contribution in [0.5, 0.6) is 0 Å². The molecule has 0 spiro atoms. The van der Waals surface area contributed by atoms with E-state index in [9.17, 15) is 4.79 Å². The predicted octanol–water partition coefficient (Wildman–Crippen LogP) is 1.62. The van der Waals surface area contributed by atoms with Gasteiger partial charge in [0.05, 0.1) is 6.04 Å². The van der Waals surface area contributed by atoms with Crippen LogP contribution in [-0.4, -0.2) is 11.9 Å². The first-order valence-corrected chi connectivity index (χ1v) is 5.35. The lowest BCUT2D eigenvalue weighted by atomic mass is 10.1. The van der Waals surface area contributed by atoms with Crippen LogP contribution in [0.1, 0.15) is 24.4 Å². The molecule has 0 aliphatic carbocycles. The number of benzene rings is 1. The van der Waals surface area contributed by atoms with Crippen molar-refractivity contribution in [3.63, 3.8) is 0 Å². The molecule has 2 rings (SSSR count). The predicted molar refractivity (Wildman–Crippen MR) is 59.5 cm³/mol. The van der Waals surface area contributed by atoms with E-state index in [1.165, 1.54) is 0 Å². The number of primary amides is 1. The Labute approximate surface area is 93.6 Å². The molecule has 1 aliphatic heterocycles. The molecule has 0 radical (unpaired) electrons. The molecule has 1 aliphatic rings. The molecule has 15 heavy (non-hydrogen) atoms. The molecule has 4 heteroatoms. The highest BCUT2D eigenvalue weighted by Gasteiger charge is 2.28. The molecular weight excluding hydrogens is 212 g/mol. The summed E-state index contributed by atoms with van der Waals surface area (Å²) < 4.78 is 0. The summed E-state index contributed by atoms with van der Waals surface area (Å²) in [4.78, 5) is 11.0. The molecule has 1 heterocycles. The highest BCUT2D eigenvalue weighted by Crippen LogP contribution is 2.27. The molecule has 1 fully saturated rings. The highest BCUT2D eigenvalue weighted by atomic mass is 35.5. The van der Waals surface area contributed by atoms with Crippen molar-refractivity contribution < 1.29 is 4.79 Å². The van der Waals surface area contributed by atoms with Crippen LogP contribution in [0.4, 0.5) is 0 Å². The summed E-state index contributed by atoms with van der Waals surface area (Å²) in [5, 5.41) is 3.93. The van der Waals surface area contributed by atoms with E-state index in [0.29, 0.717) is 0 Å². The fraction of sp³-hybridized carbons (Fsp3) is 0.364. The lowest BCUT2D eigenvalue weighted by Gasteiger charge is -2.12. The van der Waals surface area contributed by atoms with Crippen LogP contribution in [-0.2, 0) is 4.79 Å². The largest absolute Gasteiger partial charge is 0.368 e. The fourth-order valence-electron chi connectivity index (χ4n) is 1.93. The van der Waals surface area contributed by atoms with Gasteiger partial charge in [-0.25, -0.2) is 0 Å². The summed E-state index contributed by atoms with van der Waals surface area (Å²) >= 11 is 5.80. The van der Waals surface area contributed by atoms with Crippen LogP contribution in [0.15, 0.2) is 24.3 Å². The summed E-state index contributed by atoms with van der Waals surface area (Å²) in [5.41, 5.74) is 6.40. The molecule has 1 aromatic carbocycles. The average Bonchev–Trinajstić information content (AvgIpc) is 2.68. The first-order valence-electron chi connectivity index (χ1n) is 4.97. The minimum atomic E-state index is -0.272. The number of nitrogens with one attached hydrogen (secondary N) is 1. The quantitative estimate of drug-likeness (QED) is 0.802. The Hall–Kier alpha value is -1.06. The van der Waals surface area contributed by atoms with Gasteiger partial charge >= 0.3 is 0 Å². The summed E-state index contributed by atoms with van der Waals surface area (Å²) in [6.45, 7) is 0. The van der Waals surface area contributed by atoms with Gasteiger partial charge in [-0.15, -0.1) is 0 Å². The van der Waals surface area contributed by atoms with Gasteiger partial charge in [0, 0.05) is 11.1 Å². The van der Waals surface area contributed by atoms with E-state index in [2.05, 4.69) is 5.32 Å². The molecule has 1 amide bonds. The van der Waals surface area contributed by atoms with Gasteiger partial charge in [0.25, 0.3) is 0 Å². The number of hydrogen-bond donors (Lipinski definition) is 2. The van der Waals surface area contributed by atoms with E-state index in [0.717, 1.165) is 23.4 Å². The standard InChI is InChI=1S/C11H13ClN2O/c12-8-3-1-7(2-4-8)9-5-6-10(14-9)11(13)15/h1-4,9-10,14H,5-6H2,(H2,13,15). The Morgan fingerprint density at radius 3 is 2.53 bits per heavy atom. The van der Waals surface area contributed by atoms with Crippen molar-refractivity contribution in [2.45, 2.75) is 24.9 Å². The minimum Gasteiger partial charge on any atom is -0.368 e. The van der Waals surface area contributed by atoms with Gasteiger partial charge in [-0.05, 0) is 30.5 Å². The Morgan fingerprint density at radius 2 is 2.00 bits per heavy atom. The van der Waals surface area contributed by atoms with E-state index >= 15 is 0 Å². The molecular formula is C11H13ClN2O. The zero-order valence-electron chi connectivity index (χ0n) is 8.24. The van der Waals surface area contributed by atoms with Gasteiger partial charge in [-0.2, -0.15) is 0 Å². The summed E-state index contributed by atoms with van der Waals surface area (Å²) in [7, 11) is 0. The number of carbonyl (C=O) groups excluding carboxylic acids is 1. The lowest BCUT2D eigenvalue weighted by molar-refractivity contribution is -0.119. The second kappa shape index (κ2) is 4.21. The lowest BCUT2D eigenvalue weighted by Crippen LogP contribution is -2.37. The Balaban J connectivity index is 2.07. The monoisotopic (exact) mass is 224 g/mol. The molecule has 2 atom stereocenters. The van der Waals surface area contributed by atoms with E-state index < -0.39 is 0 Å². The molecule has 2 unspecified atom stereocenters. The second-order valence-corrected chi connectivity index (χ2v) is 4.24.